The number of hydrogen-bond donors (Lipinski definition) is 2. The molecule has 0 aromatic heterocycles. The van der Waals surface area contributed by atoms with Gasteiger partial charge in [0.25, 0.3) is 0 Å². The maximum Gasteiger partial charge on any atom is 0.153 e. The lowest BCUT2D eigenvalue weighted by Gasteiger charge is -2.17. The molecule has 0 radical (unpaired) electrons. The second-order valence-corrected chi connectivity index (χ2v) is 3.75. The van der Waals surface area contributed by atoms with E-state index >= 15 is 0 Å². The number of nitrogens with two attached hydrogens (primary N) is 1. The lowest BCUT2D eigenvalue weighted by molar-refractivity contribution is 0.0964. The quantitative estimate of drug-likeness (QED) is 0.289. The molecular weight excluding hydrogens is 182 g/mol. The Bertz CT molecular complexity index is 190. The average molecular weight is 201 g/mol. The van der Waals surface area contributed by atoms with E-state index in [0.29, 0.717) is 12.6 Å². The van der Waals surface area contributed by atoms with Gasteiger partial charge in [-0.3, -0.25) is 4.90 Å². The molecule has 5 nitrogen and oxygen atoms in total. The van der Waals surface area contributed by atoms with Crippen LogP contribution in [0.1, 0.15) is 19.3 Å². The van der Waals surface area contributed by atoms with E-state index in [-0.39, 0.29) is 5.84 Å². The molecule has 0 aliphatic carbocycles. The van der Waals surface area contributed by atoms with Crippen LogP contribution in [-0.4, -0.2) is 48.8 Å². The van der Waals surface area contributed by atoms with Gasteiger partial charge in [-0.2, -0.15) is 0 Å². The Kier molecular flexibility index (Phi) is 4.69. The summed E-state index contributed by atoms with van der Waals surface area (Å²) in [7, 11) is 1.95. The van der Waals surface area contributed by atoms with E-state index in [9.17, 15) is 0 Å². The molecule has 3 N–H and O–H groups in total. The Morgan fingerprint density at radius 2 is 2.50 bits per heavy atom. The summed E-state index contributed by atoms with van der Waals surface area (Å²) in [6, 6.07) is 0. The van der Waals surface area contributed by atoms with E-state index in [1.54, 1.807) is 0 Å². The molecule has 1 rings (SSSR count). The number of ether oxygens (including phenoxy) is 1. The number of oxime groups is 1. The Labute approximate surface area is 84.5 Å². The van der Waals surface area contributed by atoms with Gasteiger partial charge in [0.2, 0.25) is 0 Å². The highest BCUT2D eigenvalue weighted by molar-refractivity contribution is 5.81. The SMILES string of the molecule is CN(CCC1CCCO1)CC(N)=NO. The number of rotatable bonds is 5. The van der Waals surface area contributed by atoms with Crippen LogP contribution in [0.4, 0.5) is 0 Å². The lowest BCUT2D eigenvalue weighted by atomic mass is 10.2. The van der Waals surface area contributed by atoms with Crippen LogP contribution in [-0.2, 0) is 4.74 Å². The van der Waals surface area contributed by atoms with Gasteiger partial charge in [-0.05, 0) is 26.3 Å². The Morgan fingerprint density at radius 3 is 3.07 bits per heavy atom. The molecule has 1 fully saturated rings. The summed E-state index contributed by atoms with van der Waals surface area (Å²) in [5.74, 6) is 0.250. The highest BCUT2D eigenvalue weighted by Crippen LogP contribution is 2.15. The lowest BCUT2D eigenvalue weighted by Crippen LogP contribution is -2.32. The zero-order valence-corrected chi connectivity index (χ0v) is 8.65. The Balaban J connectivity index is 2.10. The molecule has 0 aromatic carbocycles. The smallest absolute Gasteiger partial charge is 0.153 e. The van der Waals surface area contributed by atoms with E-state index in [4.69, 9.17) is 15.7 Å². The van der Waals surface area contributed by atoms with Crippen LogP contribution in [0.25, 0.3) is 0 Å². The number of amidine groups is 1. The Morgan fingerprint density at radius 1 is 1.71 bits per heavy atom. The van der Waals surface area contributed by atoms with E-state index in [1.807, 2.05) is 11.9 Å². The number of likely N-dealkylation sites (N-methyl/N-ethyl adjacent to an activating group) is 1. The van der Waals surface area contributed by atoms with Crippen molar-refractivity contribution in [2.24, 2.45) is 10.9 Å². The minimum atomic E-state index is 0.250. The minimum absolute atomic E-state index is 0.250. The van der Waals surface area contributed by atoms with Crippen molar-refractivity contribution in [2.75, 3.05) is 26.7 Å². The average Bonchev–Trinajstić information content (AvgIpc) is 2.67. The fourth-order valence-electron chi connectivity index (χ4n) is 1.62. The third-order valence-electron chi connectivity index (χ3n) is 2.42. The van der Waals surface area contributed by atoms with Gasteiger partial charge in [0.05, 0.1) is 12.6 Å². The third kappa shape index (κ3) is 3.93. The maximum atomic E-state index is 8.38. The van der Waals surface area contributed by atoms with Gasteiger partial charge >= 0.3 is 0 Å². The summed E-state index contributed by atoms with van der Waals surface area (Å²) in [4.78, 5) is 2.02. The number of nitrogens with zero attached hydrogens (tertiary/aromatic N) is 2. The van der Waals surface area contributed by atoms with Crippen LogP contribution in [0.3, 0.4) is 0 Å². The van der Waals surface area contributed by atoms with Crippen molar-refractivity contribution < 1.29 is 9.94 Å². The molecule has 0 saturated carbocycles. The molecule has 1 aliphatic rings. The molecule has 1 saturated heterocycles. The van der Waals surface area contributed by atoms with Crippen LogP contribution in [0.5, 0.6) is 0 Å². The van der Waals surface area contributed by atoms with Gasteiger partial charge in [-0.15, -0.1) is 0 Å². The normalized spacial score (nSPS) is 23.3. The summed E-state index contributed by atoms with van der Waals surface area (Å²) in [6.07, 6.45) is 3.77. The van der Waals surface area contributed by atoms with E-state index in [1.165, 1.54) is 6.42 Å². The highest BCUT2D eigenvalue weighted by Gasteiger charge is 2.15. The fraction of sp³-hybridized carbons (Fsp3) is 0.889. The maximum absolute atomic E-state index is 8.38. The van der Waals surface area contributed by atoms with Crippen molar-refractivity contribution in [3.63, 3.8) is 0 Å². The molecule has 0 spiro atoms. The van der Waals surface area contributed by atoms with Crippen molar-refractivity contribution in [3.8, 4) is 0 Å². The molecule has 14 heavy (non-hydrogen) atoms. The van der Waals surface area contributed by atoms with Crippen molar-refractivity contribution in [1.29, 1.82) is 0 Å². The molecule has 1 atom stereocenters. The first-order valence-corrected chi connectivity index (χ1v) is 4.99. The molecule has 0 amide bonds. The van der Waals surface area contributed by atoms with Gasteiger partial charge in [-0.1, -0.05) is 5.16 Å². The Hall–Kier alpha value is -0.810. The van der Waals surface area contributed by atoms with E-state index < -0.39 is 0 Å². The first kappa shape index (κ1) is 11.3. The molecule has 5 heteroatoms. The van der Waals surface area contributed by atoms with Crippen molar-refractivity contribution in [2.45, 2.75) is 25.4 Å². The topological polar surface area (TPSA) is 71.1 Å². The van der Waals surface area contributed by atoms with Crippen molar-refractivity contribution in [1.82, 2.24) is 4.90 Å². The highest BCUT2D eigenvalue weighted by atomic mass is 16.5. The van der Waals surface area contributed by atoms with Crippen LogP contribution < -0.4 is 5.73 Å². The zero-order chi connectivity index (χ0) is 10.4. The van der Waals surface area contributed by atoms with Crippen LogP contribution in [0.15, 0.2) is 5.16 Å². The van der Waals surface area contributed by atoms with Gasteiger partial charge in [0.1, 0.15) is 0 Å². The molecule has 1 heterocycles. The summed E-state index contributed by atoms with van der Waals surface area (Å²) >= 11 is 0. The van der Waals surface area contributed by atoms with E-state index in [0.717, 1.165) is 26.0 Å². The van der Waals surface area contributed by atoms with Crippen molar-refractivity contribution in [3.05, 3.63) is 0 Å². The number of hydrogen-bond acceptors (Lipinski definition) is 4. The zero-order valence-electron chi connectivity index (χ0n) is 8.65. The summed E-state index contributed by atoms with van der Waals surface area (Å²) < 4.78 is 5.50. The molecule has 82 valence electrons. The molecule has 1 unspecified atom stereocenters. The fourth-order valence-corrected chi connectivity index (χ4v) is 1.62. The largest absolute Gasteiger partial charge is 0.409 e. The standard InChI is InChI=1S/C9H19N3O2/c1-12(7-9(10)11-13)5-4-8-3-2-6-14-8/h8,13H,2-7H2,1H3,(H2,10,11). The van der Waals surface area contributed by atoms with Crippen LogP contribution in [0.2, 0.25) is 0 Å². The van der Waals surface area contributed by atoms with Gasteiger partial charge < -0.3 is 15.7 Å². The predicted molar refractivity (Wildman–Crippen MR) is 54.5 cm³/mol. The summed E-state index contributed by atoms with van der Waals surface area (Å²) in [5, 5.41) is 11.3. The van der Waals surface area contributed by atoms with Crippen LogP contribution in [0, 0.1) is 0 Å². The van der Waals surface area contributed by atoms with Gasteiger partial charge in [0.15, 0.2) is 5.84 Å². The van der Waals surface area contributed by atoms with Gasteiger partial charge in [0, 0.05) is 13.2 Å². The summed E-state index contributed by atoms with van der Waals surface area (Å²) in [5.41, 5.74) is 5.38. The van der Waals surface area contributed by atoms with E-state index in [2.05, 4.69) is 5.16 Å². The molecule has 0 aromatic rings. The second kappa shape index (κ2) is 5.82. The first-order valence-electron chi connectivity index (χ1n) is 4.99. The van der Waals surface area contributed by atoms with Crippen molar-refractivity contribution >= 4 is 5.84 Å². The first-order chi connectivity index (χ1) is 6.72. The second-order valence-electron chi connectivity index (χ2n) is 3.75. The molecule has 0 bridgehead atoms. The van der Waals surface area contributed by atoms with Gasteiger partial charge in [-0.25, -0.2) is 0 Å². The molecule has 1 aliphatic heterocycles. The summed E-state index contributed by atoms with van der Waals surface area (Å²) in [6.45, 7) is 2.32. The van der Waals surface area contributed by atoms with Crippen LogP contribution >= 0.6 is 0 Å². The monoisotopic (exact) mass is 201 g/mol. The third-order valence-corrected chi connectivity index (χ3v) is 2.42. The minimum Gasteiger partial charge on any atom is -0.409 e. The molecular formula is C9H19N3O2. The predicted octanol–water partition coefficient (Wildman–Crippen LogP) is 0.234.